The predicted molar refractivity (Wildman–Crippen MR) is 53.5 cm³/mol. The molecule has 0 atom stereocenters. The SMILES string of the molecule is O=[N+]([O-])c1cc(Br)cc(Br)c1Cl. The Bertz CT molecular complexity index is 343. The molecule has 6 heteroatoms. The van der Waals surface area contributed by atoms with Gasteiger partial charge in [0.05, 0.1) is 4.92 Å². The summed E-state index contributed by atoms with van der Waals surface area (Å²) in [5.74, 6) is 0. The molecule has 0 saturated heterocycles. The molecule has 0 spiro atoms. The number of nitro groups is 1. The van der Waals surface area contributed by atoms with Crippen LogP contribution in [0, 0.1) is 10.1 Å². The highest BCUT2D eigenvalue weighted by Crippen LogP contribution is 2.34. The third-order valence-corrected chi connectivity index (χ3v) is 2.88. The summed E-state index contributed by atoms with van der Waals surface area (Å²) in [5.41, 5.74) is -0.113. The monoisotopic (exact) mass is 313 g/mol. The molecule has 0 fully saturated rings. The average Bonchev–Trinajstić information content (AvgIpc) is 1.96. The van der Waals surface area contributed by atoms with Crippen molar-refractivity contribution >= 4 is 49.1 Å². The molecule has 0 bridgehead atoms. The summed E-state index contributed by atoms with van der Waals surface area (Å²) in [6.45, 7) is 0. The van der Waals surface area contributed by atoms with Crippen LogP contribution in [0.15, 0.2) is 21.1 Å². The Balaban J connectivity index is 3.37. The number of hydrogen-bond donors (Lipinski definition) is 0. The molecule has 1 aromatic carbocycles. The number of rotatable bonds is 1. The van der Waals surface area contributed by atoms with Gasteiger partial charge in [0.2, 0.25) is 0 Å². The first kappa shape index (κ1) is 9.95. The fourth-order valence-electron chi connectivity index (χ4n) is 0.675. The third-order valence-electron chi connectivity index (χ3n) is 1.17. The van der Waals surface area contributed by atoms with Crippen LogP contribution >= 0.6 is 43.5 Å². The molecule has 0 N–H and O–H groups in total. The van der Waals surface area contributed by atoms with Crippen molar-refractivity contribution < 1.29 is 4.92 Å². The zero-order chi connectivity index (χ0) is 9.30. The zero-order valence-corrected chi connectivity index (χ0v) is 9.48. The summed E-state index contributed by atoms with van der Waals surface area (Å²) < 4.78 is 1.12. The van der Waals surface area contributed by atoms with Gasteiger partial charge in [0.15, 0.2) is 0 Å². The number of hydrogen-bond acceptors (Lipinski definition) is 2. The van der Waals surface area contributed by atoms with Crippen molar-refractivity contribution in [2.75, 3.05) is 0 Å². The lowest BCUT2D eigenvalue weighted by Gasteiger charge is -1.98. The van der Waals surface area contributed by atoms with Crippen molar-refractivity contribution in [3.8, 4) is 0 Å². The Morgan fingerprint density at radius 3 is 2.50 bits per heavy atom. The Morgan fingerprint density at radius 1 is 1.42 bits per heavy atom. The molecule has 0 heterocycles. The van der Waals surface area contributed by atoms with Crippen molar-refractivity contribution in [2.24, 2.45) is 0 Å². The van der Waals surface area contributed by atoms with Gasteiger partial charge >= 0.3 is 0 Å². The van der Waals surface area contributed by atoms with Crippen LogP contribution in [0.4, 0.5) is 5.69 Å². The lowest BCUT2D eigenvalue weighted by molar-refractivity contribution is -0.384. The molecule has 0 aliphatic carbocycles. The highest BCUT2D eigenvalue weighted by atomic mass is 79.9. The lowest BCUT2D eigenvalue weighted by Crippen LogP contribution is -1.89. The summed E-state index contributed by atoms with van der Waals surface area (Å²) in [7, 11) is 0. The minimum Gasteiger partial charge on any atom is -0.258 e. The second-order valence-corrected chi connectivity index (χ2v) is 4.13. The van der Waals surface area contributed by atoms with Crippen LogP contribution in [0.2, 0.25) is 5.02 Å². The molecule has 1 rings (SSSR count). The van der Waals surface area contributed by atoms with Gasteiger partial charge in [0, 0.05) is 15.0 Å². The van der Waals surface area contributed by atoms with E-state index >= 15 is 0 Å². The first-order valence-electron chi connectivity index (χ1n) is 2.81. The maximum absolute atomic E-state index is 10.4. The minimum absolute atomic E-state index is 0.113. The maximum Gasteiger partial charge on any atom is 0.290 e. The maximum atomic E-state index is 10.4. The summed E-state index contributed by atoms with van der Waals surface area (Å²) in [4.78, 5) is 9.88. The Kier molecular flexibility index (Phi) is 3.09. The van der Waals surface area contributed by atoms with Crippen molar-refractivity contribution in [2.45, 2.75) is 0 Å². The molecule has 0 saturated carbocycles. The van der Waals surface area contributed by atoms with Gasteiger partial charge in [-0.2, -0.15) is 0 Å². The largest absolute Gasteiger partial charge is 0.290 e. The summed E-state index contributed by atoms with van der Waals surface area (Å²) in [5, 5.41) is 10.5. The molecule has 0 aromatic heterocycles. The third kappa shape index (κ3) is 1.97. The van der Waals surface area contributed by atoms with Crippen molar-refractivity contribution in [3.63, 3.8) is 0 Å². The molecule has 1 aromatic rings. The molecule has 3 nitrogen and oxygen atoms in total. The van der Waals surface area contributed by atoms with Gasteiger partial charge in [0.1, 0.15) is 5.02 Å². The van der Waals surface area contributed by atoms with Crippen LogP contribution < -0.4 is 0 Å². The van der Waals surface area contributed by atoms with E-state index in [1.165, 1.54) is 6.07 Å². The Hall–Kier alpha value is -0.130. The number of nitro benzene ring substituents is 1. The second-order valence-electron chi connectivity index (χ2n) is 1.98. The minimum atomic E-state index is -0.530. The molecule has 12 heavy (non-hydrogen) atoms. The van der Waals surface area contributed by atoms with Crippen LogP contribution in [-0.2, 0) is 0 Å². The summed E-state index contributed by atoms with van der Waals surface area (Å²) in [6, 6.07) is 3.00. The van der Waals surface area contributed by atoms with Crippen LogP contribution in [0.25, 0.3) is 0 Å². The van der Waals surface area contributed by atoms with Crippen molar-refractivity contribution in [1.82, 2.24) is 0 Å². The quantitative estimate of drug-likeness (QED) is 0.450. The van der Waals surface area contributed by atoms with Crippen molar-refractivity contribution in [1.29, 1.82) is 0 Å². The van der Waals surface area contributed by atoms with E-state index in [1.54, 1.807) is 6.07 Å². The van der Waals surface area contributed by atoms with E-state index in [0.717, 1.165) is 0 Å². The van der Waals surface area contributed by atoms with Gasteiger partial charge in [0.25, 0.3) is 5.69 Å². The Labute approximate surface area is 90.1 Å². The lowest BCUT2D eigenvalue weighted by atomic mass is 10.3. The van der Waals surface area contributed by atoms with Gasteiger partial charge in [-0.3, -0.25) is 10.1 Å². The van der Waals surface area contributed by atoms with Gasteiger partial charge < -0.3 is 0 Å². The molecular weight excluding hydrogens is 313 g/mol. The molecule has 0 aliphatic heterocycles. The molecule has 0 amide bonds. The van der Waals surface area contributed by atoms with Gasteiger partial charge in [-0.05, 0) is 22.0 Å². The van der Waals surface area contributed by atoms with Crippen LogP contribution in [0.3, 0.4) is 0 Å². The fourth-order valence-corrected chi connectivity index (χ4v) is 2.06. The average molecular weight is 315 g/mol. The molecule has 64 valence electrons. The zero-order valence-electron chi connectivity index (χ0n) is 5.55. The second kappa shape index (κ2) is 3.72. The summed E-state index contributed by atoms with van der Waals surface area (Å²) in [6.07, 6.45) is 0. The molecule has 0 aliphatic rings. The predicted octanol–water partition coefficient (Wildman–Crippen LogP) is 3.77. The first-order chi connectivity index (χ1) is 5.52. The van der Waals surface area contributed by atoms with E-state index in [0.29, 0.717) is 8.95 Å². The highest BCUT2D eigenvalue weighted by Gasteiger charge is 2.15. The van der Waals surface area contributed by atoms with E-state index in [1.807, 2.05) is 0 Å². The molecule has 0 radical (unpaired) electrons. The van der Waals surface area contributed by atoms with E-state index in [-0.39, 0.29) is 10.7 Å². The standard InChI is InChI=1S/C6H2Br2ClNO2/c7-3-1-4(8)6(9)5(2-3)10(11)12/h1-2H. The Morgan fingerprint density at radius 2 is 2.00 bits per heavy atom. The van der Waals surface area contributed by atoms with Crippen LogP contribution in [0.5, 0.6) is 0 Å². The first-order valence-corrected chi connectivity index (χ1v) is 4.77. The van der Waals surface area contributed by atoms with Gasteiger partial charge in [-0.15, -0.1) is 0 Å². The van der Waals surface area contributed by atoms with E-state index in [9.17, 15) is 10.1 Å². The fraction of sp³-hybridized carbons (Fsp3) is 0. The number of nitrogens with zero attached hydrogens (tertiary/aromatic N) is 1. The topological polar surface area (TPSA) is 43.1 Å². The van der Waals surface area contributed by atoms with Gasteiger partial charge in [-0.1, -0.05) is 27.5 Å². The van der Waals surface area contributed by atoms with Crippen LogP contribution in [-0.4, -0.2) is 4.92 Å². The van der Waals surface area contributed by atoms with Crippen LogP contribution in [0.1, 0.15) is 0 Å². The normalized spacial score (nSPS) is 9.92. The smallest absolute Gasteiger partial charge is 0.258 e. The van der Waals surface area contributed by atoms with E-state index < -0.39 is 4.92 Å². The molecule has 0 unspecified atom stereocenters. The van der Waals surface area contributed by atoms with E-state index in [4.69, 9.17) is 11.6 Å². The van der Waals surface area contributed by atoms with Crippen molar-refractivity contribution in [3.05, 3.63) is 36.2 Å². The van der Waals surface area contributed by atoms with E-state index in [2.05, 4.69) is 31.9 Å². The highest BCUT2D eigenvalue weighted by molar-refractivity contribution is 9.11. The summed E-state index contributed by atoms with van der Waals surface area (Å²) >= 11 is 11.9. The molecular formula is C6H2Br2ClNO2. The van der Waals surface area contributed by atoms with Gasteiger partial charge in [-0.25, -0.2) is 0 Å². The number of halogens is 3. The number of benzene rings is 1.